The first-order valence-electron chi connectivity index (χ1n) is 14.2. The molecule has 1 fully saturated rings. The van der Waals surface area contributed by atoms with Crippen LogP contribution in [0.1, 0.15) is 50.7 Å². The van der Waals surface area contributed by atoms with Crippen molar-refractivity contribution in [3.63, 3.8) is 0 Å². The number of amides is 2. The van der Waals surface area contributed by atoms with Crippen molar-refractivity contribution < 1.29 is 35.9 Å². The monoisotopic (exact) mass is 692 g/mol. The van der Waals surface area contributed by atoms with E-state index in [1.807, 2.05) is 0 Å². The molecule has 1 atom stereocenters. The molecule has 1 heterocycles. The Hall–Kier alpha value is -2.68. The lowest BCUT2D eigenvalue weighted by atomic mass is 9.87. The van der Waals surface area contributed by atoms with Gasteiger partial charge in [0.2, 0.25) is 21.8 Å². The summed E-state index contributed by atoms with van der Waals surface area (Å²) in [5.41, 5.74) is 4.53. The van der Waals surface area contributed by atoms with Crippen molar-refractivity contribution in [1.82, 2.24) is 14.9 Å². The number of hydrogen-bond donors (Lipinski definition) is 3. The van der Waals surface area contributed by atoms with Gasteiger partial charge in [-0.05, 0) is 67.7 Å². The molecule has 2 amide bonds. The van der Waals surface area contributed by atoms with Gasteiger partial charge in [-0.1, -0.05) is 36.6 Å². The quantitative estimate of drug-likeness (QED) is 0.305. The topological polar surface area (TPSA) is 131 Å². The number of ether oxygens (including phenoxy) is 1. The molecule has 4 N–H and O–H groups in total. The molecule has 1 aliphatic carbocycles. The van der Waals surface area contributed by atoms with Crippen molar-refractivity contribution in [3.05, 3.63) is 75.8 Å². The van der Waals surface area contributed by atoms with Gasteiger partial charge in [0.05, 0.1) is 29.2 Å². The van der Waals surface area contributed by atoms with E-state index in [4.69, 9.17) is 22.1 Å². The third kappa shape index (κ3) is 8.78. The van der Waals surface area contributed by atoms with E-state index < -0.39 is 70.4 Å². The van der Waals surface area contributed by atoms with E-state index in [2.05, 4.69) is 10.0 Å². The molecule has 9 nitrogen and oxygen atoms in total. The first-order valence-corrected chi connectivity index (χ1v) is 16.0. The number of rotatable bonds is 12. The summed E-state index contributed by atoms with van der Waals surface area (Å²) in [5.74, 6) is -3.07. The number of sulfonamides is 1. The zero-order chi connectivity index (χ0) is 32.3. The lowest BCUT2D eigenvalue weighted by molar-refractivity contribution is -0.139. The smallest absolute Gasteiger partial charge is 0.247 e. The summed E-state index contributed by atoms with van der Waals surface area (Å²) < 4.78 is 76.7. The largest absolute Gasteiger partial charge is 0.374 e. The molecule has 2 aliphatic rings. The van der Waals surface area contributed by atoms with Gasteiger partial charge in [0.15, 0.2) is 0 Å². The zero-order valence-electron chi connectivity index (χ0n) is 24.9. The molecule has 0 aromatic heterocycles. The highest BCUT2D eigenvalue weighted by Crippen LogP contribution is 2.47. The van der Waals surface area contributed by atoms with Gasteiger partial charge in [0.1, 0.15) is 24.4 Å². The van der Waals surface area contributed by atoms with Crippen LogP contribution in [-0.4, -0.2) is 68.6 Å². The van der Waals surface area contributed by atoms with Gasteiger partial charge in [-0.2, -0.15) is 0 Å². The van der Waals surface area contributed by atoms with Gasteiger partial charge in [0.25, 0.3) is 0 Å². The van der Waals surface area contributed by atoms with E-state index >= 15 is 0 Å². The van der Waals surface area contributed by atoms with Crippen LogP contribution in [0.3, 0.4) is 0 Å². The maximum atomic E-state index is 14.0. The van der Waals surface area contributed by atoms with Crippen molar-refractivity contribution in [1.29, 1.82) is 0 Å². The van der Waals surface area contributed by atoms with Gasteiger partial charge in [-0.25, -0.2) is 26.3 Å². The molecule has 4 rings (SSSR count). The Morgan fingerprint density at radius 2 is 1.73 bits per heavy atom. The highest BCUT2D eigenvalue weighted by Gasteiger charge is 2.51. The Morgan fingerprint density at radius 1 is 1.13 bits per heavy atom. The fraction of sp³-hybridized carbons (Fsp3) is 0.467. The number of carbonyl (C=O) groups excluding carboxylic acids is 2. The number of nitrogens with one attached hydrogen (secondary N) is 2. The van der Waals surface area contributed by atoms with Gasteiger partial charge in [-0.15, -0.1) is 12.4 Å². The Labute approximate surface area is 272 Å². The molecule has 2 aromatic rings. The summed E-state index contributed by atoms with van der Waals surface area (Å²) in [5, 5.41) is 2.95. The fourth-order valence-corrected chi connectivity index (χ4v) is 7.67. The van der Waals surface area contributed by atoms with Gasteiger partial charge >= 0.3 is 0 Å². The Morgan fingerprint density at radius 3 is 2.29 bits per heavy atom. The second-order valence-corrected chi connectivity index (χ2v) is 13.8. The molecule has 248 valence electrons. The van der Waals surface area contributed by atoms with E-state index in [1.165, 1.54) is 13.8 Å². The van der Waals surface area contributed by atoms with Crippen LogP contribution >= 0.6 is 24.0 Å². The molecular formula is C30H37Cl2F3N4O5S. The Balaban J connectivity index is 0.00000552. The predicted octanol–water partition coefficient (Wildman–Crippen LogP) is 4.23. The average Bonchev–Trinajstić information content (AvgIpc) is 3.47. The molecule has 0 radical (unpaired) electrons. The third-order valence-corrected chi connectivity index (χ3v) is 9.62. The van der Waals surface area contributed by atoms with Crippen LogP contribution in [-0.2, 0) is 31.0 Å². The summed E-state index contributed by atoms with van der Waals surface area (Å²) in [6.45, 7) is 0.533. The summed E-state index contributed by atoms with van der Waals surface area (Å²) >= 11 is 6.05. The van der Waals surface area contributed by atoms with Gasteiger partial charge in [-0.3, -0.25) is 9.59 Å². The third-order valence-electron chi connectivity index (χ3n) is 7.69. The van der Waals surface area contributed by atoms with Crippen LogP contribution in [0.2, 0.25) is 5.02 Å². The zero-order valence-corrected chi connectivity index (χ0v) is 27.3. The van der Waals surface area contributed by atoms with E-state index in [1.54, 1.807) is 24.3 Å². The van der Waals surface area contributed by atoms with Crippen LogP contribution in [0.15, 0.2) is 48.0 Å². The van der Waals surface area contributed by atoms with E-state index in [9.17, 15) is 31.2 Å². The minimum absolute atomic E-state index is 0. The second-order valence-electron chi connectivity index (χ2n) is 11.7. The van der Waals surface area contributed by atoms with Crippen LogP contribution in [0.5, 0.6) is 0 Å². The van der Waals surface area contributed by atoms with Crippen molar-refractivity contribution in [3.8, 4) is 0 Å². The van der Waals surface area contributed by atoms with Gasteiger partial charge < -0.3 is 20.7 Å². The van der Waals surface area contributed by atoms with Crippen LogP contribution < -0.4 is 15.8 Å². The number of halogens is 5. The fourth-order valence-electron chi connectivity index (χ4n) is 5.57. The SMILES string of the molecule is CC(C)(N)C(=O)N[C@H](COCc1cc(F)cc(F)c1)C(=O)N(CCF)CC1=C(c2ccc(Cl)cc2)S(=O)(=O)NC12CCCC2.Cl. The molecule has 0 saturated heterocycles. The molecule has 1 saturated carbocycles. The lowest BCUT2D eigenvalue weighted by Crippen LogP contribution is -2.58. The standard InChI is InChI=1S/C30H36ClF3N4O5S.ClH/c1-29(2,35)28(40)36-25(18-43-17-19-13-22(33)15-23(34)14-19)27(39)38(12-11-32)16-24-26(20-5-7-21(31)8-6-20)44(41,42)37-30(24)9-3-4-10-30;/h5-8,13-15,25,37H,3-4,9-12,16-18,35H2,1-2H3,(H,36,40);1H/t25-;/m1./s1. The number of hydrogen-bond acceptors (Lipinski definition) is 6. The summed E-state index contributed by atoms with van der Waals surface area (Å²) in [7, 11) is -4.01. The minimum Gasteiger partial charge on any atom is -0.374 e. The second kappa shape index (κ2) is 14.8. The van der Waals surface area contributed by atoms with Gasteiger partial charge in [0, 0.05) is 24.2 Å². The van der Waals surface area contributed by atoms with E-state index in [-0.39, 0.29) is 36.0 Å². The summed E-state index contributed by atoms with van der Waals surface area (Å²) in [4.78, 5) is 28.0. The number of carbonyl (C=O) groups is 2. The molecular weight excluding hydrogens is 656 g/mol. The summed E-state index contributed by atoms with van der Waals surface area (Å²) in [6, 6.07) is 7.72. The van der Waals surface area contributed by atoms with Crippen molar-refractivity contribution in [2.75, 3.05) is 26.4 Å². The molecule has 1 spiro atoms. The number of nitrogens with two attached hydrogens (primary N) is 1. The number of alkyl halides is 1. The molecule has 0 bridgehead atoms. The predicted molar refractivity (Wildman–Crippen MR) is 168 cm³/mol. The Kier molecular flexibility index (Phi) is 12.1. The van der Waals surface area contributed by atoms with E-state index in [0.717, 1.165) is 29.9 Å². The minimum atomic E-state index is -4.01. The van der Waals surface area contributed by atoms with Crippen molar-refractivity contribution in [2.24, 2.45) is 5.73 Å². The van der Waals surface area contributed by atoms with Crippen LogP contribution in [0.25, 0.3) is 4.91 Å². The number of benzene rings is 2. The van der Waals surface area contributed by atoms with Crippen molar-refractivity contribution >= 4 is 50.8 Å². The van der Waals surface area contributed by atoms with Crippen LogP contribution in [0, 0.1) is 11.6 Å². The molecule has 0 unspecified atom stereocenters. The molecule has 2 aromatic carbocycles. The Bertz CT molecular complexity index is 1510. The molecule has 1 aliphatic heterocycles. The normalized spacial score (nSPS) is 17.7. The molecule has 45 heavy (non-hydrogen) atoms. The average molecular weight is 694 g/mol. The highest BCUT2D eigenvalue weighted by atomic mass is 35.5. The highest BCUT2D eigenvalue weighted by molar-refractivity contribution is 7.99. The summed E-state index contributed by atoms with van der Waals surface area (Å²) in [6.07, 6.45) is 2.47. The maximum Gasteiger partial charge on any atom is 0.247 e. The first-order chi connectivity index (χ1) is 20.6. The first kappa shape index (κ1) is 36.8. The van der Waals surface area contributed by atoms with E-state index in [0.29, 0.717) is 35.1 Å². The maximum absolute atomic E-state index is 14.0. The van der Waals surface area contributed by atoms with Crippen molar-refractivity contribution in [2.45, 2.75) is 63.3 Å². The molecule has 15 heteroatoms. The lowest BCUT2D eigenvalue weighted by Gasteiger charge is -2.33. The van der Waals surface area contributed by atoms with Crippen LogP contribution in [0.4, 0.5) is 13.2 Å². The number of nitrogens with zero attached hydrogens (tertiary/aromatic N) is 1.